The minimum atomic E-state index is 0.662. The molecule has 2 aromatic carbocycles. The highest BCUT2D eigenvalue weighted by atomic mass is 79.9. The molecular weight excluding hydrogens is 287 g/mol. The first-order valence-electron chi connectivity index (χ1n) is 4.72. The maximum Gasteiger partial charge on any atom is 0.150 e. The maximum atomic E-state index is 10.5. The summed E-state index contributed by atoms with van der Waals surface area (Å²) in [6.45, 7) is 0. The van der Waals surface area contributed by atoms with Gasteiger partial charge < -0.3 is 0 Å². The number of benzene rings is 2. The summed E-state index contributed by atoms with van der Waals surface area (Å²) in [5.74, 6) is 0. The molecule has 0 saturated carbocycles. The molecule has 0 atom stereocenters. The lowest BCUT2D eigenvalue weighted by Gasteiger charge is -2.06. The Bertz CT molecular complexity index is 520. The molecule has 0 radical (unpaired) electrons. The Morgan fingerprint density at radius 3 is 2.38 bits per heavy atom. The van der Waals surface area contributed by atoms with Crippen LogP contribution in [-0.2, 0) is 0 Å². The van der Waals surface area contributed by atoms with Crippen LogP contribution in [0.1, 0.15) is 10.4 Å². The standard InChI is InChI=1S/C13H8BrClO/c14-12-3-1-2-11(13(12)15)10-6-4-9(8-16)5-7-10/h1-8H. The van der Waals surface area contributed by atoms with Gasteiger partial charge in [-0.1, -0.05) is 48.0 Å². The van der Waals surface area contributed by atoms with Crippen molar-refractivity contribution in [3.05, 3.63) is 57.5 Å². The van der Waals surface area contributed by atoms with E-state index in [4.69, 9.17) is 11.6 Å². The summed E-state index contributed by atoms with van der Waals surface area (Å²) in [4.78, 5) is 10.5. The van der Waals surface area contributed by atoms with Gasteiger partial charge in [-0.15, -0.1) is 0 Å². The summed E-state index contributed by atoms with van der Waals surface area (Å²) >= 11 is 9.57. The molecule has 0 amide bonds. The molecule has 0 heterocycles. The molecule has 0 aliphatic rings. The van der Waals surface area contributed by atoms with Crippen LogP contribution >= 0.6 is 27.5 Å². The van der Waals surface area contributed by atoms with Gasteiger partial charge in [-0.25, -0.2) is 0 Å². The zero-order valence-electron chi connectivity index (χ0n) is 8.28. The quantitative estimate of drug-likeness (QED) is 0.741. The zero-order valence-corrected chi connectivity index (χ0v) is 10.6. The van der Waals surface area contributed by atoms with Crippen LogP contribution in [0.3, 0.4) is 0 Å². The second kappa shape index (κ2) is 4.81. The molecule has 1 nitrogen and oxygen atoms in total. The lowest BCUT2D eigenvalue weighted by atomic mass is 10.0. The number of carbonyl (C=O) groups is 1. The fourth-order valence-electron chi connectivity index (χ4n) is 1.47. The molecule has 0 bridgehead atoms. The molecule has 2 aromatic rings. The summed E-state index contributed by atoms with van der Waals surface area (Å²) in [7, 11) is 0. The summed E-state index contributed by atoms with van der Waals surface area (Å²) in [5.41, 5.74) is 2.61. The topological polar surface area (TPSA) is 17.1 Å². The van der Waals surface area contributed by atoms with Gasteiger partial charge in [-0.3, -0.25) is 4.79 Å². The van der Waals surface area contributed by atoms with Gasteiger partial charge in [0, 0.05) is 15.6 Å². The molecular formula is C13H8BrClO. The third kappa shape index (κ3) is 2.18. The first-order valence-corrected chi connectivity index (χ1v) is 5.89. The third-order valence-corrected chi connectivity index (χ3v) is 3.61. The van der Waals surface area contributed by atoms with E-state index in [1.54, 1.807) is 12.1 Å². The zero-order chi connectivity index (χ0) is 11.5. The number of halogens is 2. The van der Waals surface area contributed by atoms with Crippen molar-refractivity contribution in [3.63, 3.8) is 0 Å². The molecule has 0 aliphatic heterocycles. The van der Waals surface area contributed by atoms with Gasteiger partial charge >= 0.3 is 0 Å². The van der Waals surface area contributed by atoms with Gasteiger partial charge in [-0.05, 0) is 27.6 Å². The van der Waals surface area contributed by atoms with Crippen LogP contribution in [-0.4, -0.2) is 6.29 Å². The lowest BCUT2D eigenvalue weighted by molar-refractivity contribution is 0.112. The smallest absolute Gasteiger partial charge is 0.150 e. The van der Waals surface area contributed by atoms with Crippen LogP contribution < -0.4 is 0 Å². The van der Waals surface area contributed by atoms with Crippen molar-refractivity contribution in [2.45, 2.75) is 0 Å². The van der Waals surface area contributed by atoms with Crippen LogP contribution in [0.2, 0.25) is 5.02 Å². The predicted molar refractivity (Wildman–Crippen MR) is 70.0 cm³/mol. The Labute approximate surface area is 107 Å². The molecule has 0 N–H and O–H groups in total. The van der Waals surface area contributed by atoms with Crippen LogP contribution in [0.5, 0.6) is 0 Å². The number of hydrogen-bond donors (Lipinski definition) is 0. The van der Waals surface area contributed by atoms with Crippen LogP contribution in [0.15, 0.2) is 46.9 Å². The average molecular weight is 296 g/mol. The van der Waals surface area contributed by atoms with Gasteiger partial charge in [0.05, 0.1) is 5.02 Å². The number of aldehydes is 1. The molecule has 0 aromatic heterocycles. The third-order valence-electron chi connectivity index (χ3n) is 2.31. The van der Waals surface area contributed by atoms with E-state index < -0.39 is 0 Å². The Morgan fingerprint density at radius 1 is 1.06 bits per heavy atom. The molecule has 2 rings (SSSR count). The van der Waals surface area contributed by atoms with E-state index in [2.05, 4.69) is 15.9 Å². The van der Waals surface area contributed by atoms with Crippen molar-refractivity contribution in [1.29, 1.82) is 0 Å². The largest absolute Gasteiger partial charge is 0.298 e. The molecule has 80 valence electrons. The molecule has 0 fully saturated rings. The van der Waals surface area contributed by atoms with Gasteiger partial charge in [0.2, 0.25) is 0 Å². The van der Waals surface area contributed by atoms with E-state index in [9.17, 15) is 4.79 Å². The monoisotopic (exact) mass is 294 g/mol. The molecule has 0 saturated heterocycles. The molecule has 0 unspecified atom stereocenters. The predicted octanol–water partition coefficient (Wildman–Crippen LogP) is 4.58. The molecule has 0 aliphatic carbocycles. The van der Waals surface area contributed by atoms with E-state index in [1.165, 1.54) is 0 Å². The minimum Gasteiger partial charge on any atom is -0.298 e. The van der Waals surface area contributed by atoms with E-state index in [0.29, 0.717) is 10.6 Å². The first-order chi connectivity index (χ1) is 7.72. The van der Waals surface area contributed by atoms with Gasteiger partial charge in [0.15, 0.2) is 0 Å². The fraction of sp³-hybridized carbons (Fsp3) is 0. The van der Waals surface area contributed by atoms with Crippen molar-refractivity contribution in [3.8, 4) is 11.1 Å². The van der Waals surface area contributed by atoms with Crippen molar-refractivity contribution in [1.82, 2.24) is 0 Å². The fourth-order valence-corrected chi connectivity index (χ4v) is 2.07. The van der Waals surface area contributed by atoms with Gasteiger partial charge in [0.25, 0.3) is 0 Å². The second-order valence-electron chi connectivity index (χ2n) is 3.34. The van der Waals surface area contributed by atoms with Gasteiger partial charge in [-0.2, -0.15) is 0 Å². The van der Waals surface area contributed by atoms with Crippen LogP contribution in [0.4, 0.5) is 0 Å². The van der Waals surface area contributed by atoms with E-state index in [0.717, 1.165) is 21.9 Å². The Morgan fingerprint density at radius 2 is 1.75 bits per heavy atom. The van der Waals surface area contributed by atoms with Crippen LogP contribution in [0.25, 0.3) is 11.1 Å². The van der Waals surface area contributed by atoms with E-state index in [-0.39, 0.29) is 0 Å². The highest BCUT2D eigenvalue weighted by molar-refractivity contribution is 9.10. The van der Waals surface area contributed by atoms with E-state index >= 15 is 0 Å². The Hall–Kier alpha value is -1.12. The van der Waals surface area contributed by atoms with Crippen LogP contribution in [0, 0.1) is 0 Å². The number of hydrogen-bond acceptors (Lipinski definition) is 1. The Balaban J connectivity index is 2.50. The summed E-state index contributed by atoms with van der Waals surface area (Å²) in [5, 5.41) is 0.682. The van der Waals surface area contributed by atoms with Crippen molar-refractivity contribution >= 4 is 33.8 Å². The lowest BCUT2D eigenvalue weighted by Crippen LogP contribution is -1.83. The second-order valence-corrected chi connectivity index (χ2v) is 4.57. The molecule has 0 spiro atoms. The van der Waals surface area contributed by atoms with Gasteiger partial charge in [0.1, 0.15) is 6.29 Å². The van der Waals surface area contributed by atoms with E-state index in [1.807, 2.05) is 30.3 Å². The summed E-state index contributed by atoms with van der Waals surface area (Å²) in [6.07, 6.45) is 0.826. The Kier molecular flexibility index (Phi) is 3.42. The number of carbonyl (C=O) groups excluding carboxylic acids is 1. The first kappa shape index (κ1) is 11.4. The van der Waals surface area contributed by atoms with Crippen molar-refractivity contribution in [2.75, 3.05) is 0 Å². The highest BCUT2D eigenvalue weighted by Crippen LogP contribution is 2.33. The normalized spacial score (nSPS) is 10.1. The summed E-state index contributed by atoms with van der Waals surface area (Å²) in [6, 6.07) is 13.1. The maximum absolute atomic E-state index is 10.5. The minimum absolute atomic E-state index is 0.662. The highest BCUT2D eigenvalue weighted by Gasteiger charge is 2.05. The van der Waals surface area contributed by atoms with Crippen molar-refractivity contribution < 1.29 is 4.79 Å². The molecule has 16 heavy (non-hydrogen) atoms. The summed E-state index contributed by atoms with van der Waals surface area (Å²) < 4.78 is 0.867. The molecule has 3 heteroatoms. The number of rotatable bonds is 2. The average Bonchev–Trinajstić information content (AvgIpc) is 2.33. The van der Waals surface area contributed by atoms with Crippen molar-refractivity contribution in [2.24, 2.45) is 0 Å². The SMILES string of the molecule is O=Cc1ccc(-c2cccc(Br)c2Cl)cc1.